The maximum atomic E-state index is 12.6. The highest BCUT2D eigenvalue weighted by Gasteiger charge is 2.43. The van der Waals surface area contributed by atoms with Crippen LogP contribution in [-0.4, -0.2) is 57.4 Å². The standard InChI is InChI=1S/C31H34N4O6S/c36-24-10-8-22(23-9-12-27(38)35-28(23)24)25(37)18-32-13-3-4-14-33-29(39)26-11-7-21(42-26)17-34-31(30(40)41)15-19-5-1-2-6-20(19)16-31/h1-2,5-12,25,32,34,36-37H,3-4,13-18H2,(H,33,39)(H,35,38)(H,40,41). The number of phenolic OH excluding ortho intramolecular Hbond substituents is 1. The second-order valence-electron chi connectivity index (χ2n) is 10.6. The number of aliphatic carboxylic acids is 1. The van der Waals surface area contributed by atoms with Crippen molar-refractivity contribution >= 4 is 34.1 Å². The van der Waals surface area contributed by atoms with Gasteiger partial charge in [-0.15, -0.1) is 11.3 Å². The largest absolute Gasteiger partial charge is 0.506 e. The summed E-state index contributed by atoms with van der Waals surface area (Å²) in [5.74, 6) is -1.08. The van der Waals surface area contributed by atoms with E-state index in [1.165, 1.54) is 23.5 Å². The Bertz CT molecular complexity index is 1620. The lowest BCUT2D eigenvalue weighted by atomic mass is 9.96. The van der Waals surface area contributed by atoms with E-state index < -0.39 is 17.6 Å². The molecular formula is C31H34N4O6S. The molecular weight excluding hydrogens is 556 g/mol. The molecule has 0 bridgehead atoms. The summed E-state index contributed by atoms with van der Waals surface area (Å²) < 4.78 is 0. The average molecular weight is 591 g/mol. The van der Waals surface area contributed by atoms with E-state index >= 15 is 0 Å². The maximum Gasteiger partial charge on any atom is 0.324 e. The van der Waals surface area contributed by atoms with Crippen LogP contribution in [0.15, 0.2) is 65.5 Å². The van der Waals surface area contributed by atoms with E-state index in [-0.39, 0.29) is 17.2 Å². The van der Waals surface area contributed by atoms with Gasteiger partial charge in [0.2, 0.25) is 5.56 Å². The molecule has 4 aromatic rings. The molecule has 7 N–H and O–H groups in total. The molecule has 2 aromatic carbocycles. The molecule has 10 nitrogen and oxygen atoms in total. The third kappa shape index (κ3) is 6.55. The van der Waals surface area contributed by atoms with Crippen molar-refractivity contribution in [2.24, 2.45) is 0 Å². The first-order valence-corrected chi connectivity index (χ1v) is 14.7. The minimum Gasteiger partial charge on any atom is -0.506 e. The fraction of sp³-hybridized carbons (Fsp3) is 0.323. The number of aliphatic hydroxyl groups excluding tert-OH is 1. The normalized spacial score (nSPS) is 14.5. The number of carbonyl (C=O) groups is 2. The number of benzene rings is 2. The number of carboxylic acid groups (broad SMARTS) is 1. The van der Waals surface area contributed by atoms with Crippen LogP contribution < -0.4 is 21.5 Å². The van der Waals surface area contributed by atoms with Crippen molar-refractivity contribution in [3.63, 3.8) is 0 Å². The minimum absolute atomic E-state index is 0.0499. The molecule has 2 heterocycles. The monoisotopic (exact) mass is 590 g/mol. The number of aromatic amines is 1. The smallest absolute Gasteiger partial charge is 0.324 e. The lowest BCUT2D eigenvalue weighted by molar-refractivity contribution is -0.144. The number of nitrogens with one attached hydrogen (secondary N) is 4. The summed E-state index contributed by atoms with van der Waals surface area (Å²) in [4.78, 5) is 40.4. The lowest BCUT2D eigenvalue weighted by Crippen LogP contribution is -2.52. The van der Waals surface area contributed by atoms with Crippen LogP contribution in [0, 0.1) is 0 Å². The second-order valence-corrected chi connectivity index (χ2v) is 11.8. The third-order valence-electron chi connectivity index (χ3n) is 7.67. The Morgan fingerprint density at radius 2 is 1.71 bits per heavy atom. The lowest BCUT2D eigenvalue weighted by Gasteiger charge is -2.25. The van der Waals surface area contributed by atoms with Gasteiger partial charge in [-0.3, -0.25) is 19.7 Å². The Morgan fingerprint density at radius 1 is 0.976 bits per heavy atom. The number of carbonyl (C=O) groups excluding carboxylic acids is 1. The molecule has 2 aromatic heterocycles. The van der Waals surface area contributed by atoms with Crippen LogP contribution in [-0.2, 0) is 24.2 Å². The Morgan fingerprint density at radius 3 is 2.45 bits per heavy atom. The summed E-state index contributed by atoms with van der Waals surface area (Å²) in [5.41, 5.74) is 1.64. The van der Waals surface area contributed by atoms with Crippen molar-refractivity contribution in [2.75, 3.05) is 19.6 Å². The molecule has 1 aliphatic rings. The van der Waals surface area contributed by atoms with Gasteiger partial charge in [0.05, 0.1) is 16.5 Å². The number of aromatic hydroxyl groups is 1. The highest BCUT2D eigenvalue weighted by Crippen LogP contribution is 2.31. The van der Waals surface area contributed by atoms with Crippen LogP contribution in [0.25, 0.3) is 10.9 Å². The number of phenols is 1. The van der Waals surface area contributed by atoms with Crippen LogP contribution in [0.1, 0.15) is 50.2 Å². The molecule has 42 heavy (non-hydrogen) atoms. The molecule has 220 valence electrons. The van der Waals surface area contributed by atoms with Gasteiger partial charge in [-0.25, -0.2) is 0 Å². The number of aliphatic hydroxyl groups is 1. The van der Waals surface area contributed by atoms with Gasteiger partial charge in [0, 0.05) is 48.8 Å². The number of unbranched alkanes of at least 4 members (excludes halogenated alkanes) is 1. The van der Waals surface area contributed by atoms with Crippen molar-refractivity contribution in [3.05, 3.63) is 97.5 Å². The summed E-state index contributed by atoms with van der Waals surface area (Å²) in [6, 6.07) is 17.5. The van der Waals surface area contributed by atoms with Crippen LogP contribution in [0.5, 0.6) is 5.75 Å². The molecule has 0 saturated heterocycles. The van der Waals surface area contributed by atoms with Crippen LogP contribution in [0.4, 0.5) is 0 Å². The molecule has 1 amide bonds. The molecule has 0 aliphatic heterocycles. The van der Waals surface area contributed by atoms with Crippen molar-refractivity contribution in [1.29, 1.82) is 0 Å². The molecule has 0 fully saturated rings. The first-order valence-electron chi connectivity index (χ1n) is 13.9. The van der Waals surface area contributed by atoms with Gasteiger partial charge in [-0.2, -0.15) is 0 Å². The molecule has 0 spiro atoms. The fourth-order valence-corrected chi connectivity index (χ4v) is 6.24. The highest BCUT2D eigenvalue weighted by molar-refractivity contribution is 7.14. The molecule has 11 heteroatoms. The van der Waals surface area contributed by atoms with Gasteiger partial charge in [-0.1, -0.05) is 30.3 Å². The number of amides is 1. The van der Waals surface area contributed by atoms with Crippen molar-refractivity contribution in [2.45, 2.75) is 43.9 Å². The zero-order valence-corrected chi connectivity index (χ0v) is 23.8. The number of fused-ring (bicyclic) bond motifs is 2. The number of pyridine rings is 1. The van der Waals surface area contributed by atoms with Crippen molar-refractivity contribution in [3.8, 4) is 5.75 Å². The third-order valence-corrected chi connectivity index (χ3v) is 8.75. The highest BCUT2D eigenvalue weighted by atomic mass is 32.1. The Hall–Kier alpha value is -4.03. The predicted octanol–water partition coefficient (Wildman–Crippen LogP) is 2.84. The van der Waals surface area contributed by atoms with Gasteiger partial charge in [0.15, 0.2) is 0 Å². The number of hydrogen-bond acceptors (Lipinski definition) is 8. The van der Waals surface area contributed by atoms with E-state index in [0.29, 0.717) is 60.4 Å². The number of hydrogen-bond donors (Lipinski definition) is 7. The molecule has 1 unspecified atom stereocenters. The summed E-state index contributed by atoms with van der Waals surface area (Å²) in [5, 5.41) is 40.6. The minimum atomic E-state index is -1.04. The number of aromatic nitrogens is 1. The van der Waals surface area contributed by atoms with Gasteiger partial charge < -0.3 is 30.9 Å². The number of thiophene rings is 1. The molecule has 0 saturated carbocycles. The van der Waals surface area contributed by atoms with Crippen molar-refractivity contribution in [1.82, 2.24) is 20.9 Å². The summed E-state index contributed by atoms with van der Waals surface area (Å²) in [6.07, 6.45) is 1.58. The summed E-state index contributed by atoms with van der Waals surface area (Å²) >= 11 is 1.35. The van der Waals surface area contributed by atoms with Crippen LogP contribution in [0.2, 0.25) is 0 Å². The molecule has 1 aliphatic carbocycles. The first-order chi connectivity index (χ1) is 20.3. The zero-order chi connectivity index (χ0) is 29.7. The summed E-state index contributed by atoms with van der Waals surface area (Å²) in [6.45, 7) is 1.81. The van der Waals surface area contributed by atoms with Gasteiger partial charge in [0.1, 0.15) is 11.3 Å². The van der Waals surface area contributed by atoms with E-state index in [0.717, 1.165) is 28.8 Å². The molecule has 1 atom stereocenters. The Balaban J connectivity index is 1.02. The molecule has 0 radical (unpaired) electrons. The van der Waals surface area contributed by atoms with Gasteiger partial charge in [-0.05, 0) is 60.3 Å². The topological polar surface area (TPSA) is 164 Å². The average Bonchev–Trinajstić information content (AvgIpc) is 3.61. The summed E-state index contributed by atoms with van der Waals surface area (Å²) in [7, 11) is 0. The maximum absolute atomic E-state index is 12.6. The quantitative estimate of drug-likeness (QED) is 0.117. The predicted molar refractivity (Wildman–Crippen MR) is 161 cm³/mol. The van der Waals surface area contributed by atoms with E-state index in [1.54, 1.807) is 18.2 Å². The number of rotatable bonds is 13. The van der Waals surface area contributed by atoms with E-state index in [4.69, 9.17) is 0 Å². The van der Waals surface area contributed by atoms with Crippen LogP contribution in [0.3, 0.4) is 0 Å². The fourth-order valence-electron chi connectivity index (χ4n) is 5.38. The second kappa shape index (κ2) is 12.9. The first kappa shape index (κ1) is 29.5. The Labute approximate surface area is 246 Å². The van der Waals surface area contributed by atoms with Gasteiger partial charge >= 0.3 is 5.97 Å². The van der Waals surface area contributed by atoms with E-state index in [1.807, 2.05) is 30.3 Å². The Kier molecular flexibility index (Phi) is 9.03. The SMILES string of the molecule is O=C(NCCCCNCC(O)c1ccc(O)c2[nH]c(=O)ccc12)c1ccc(CNC2(C(=O)O)Cc3ccccc3C2)s1. The van der Waals surface area contributed by atoms with Gasteiger partial charge in [0.25, 0.3) is 5.91 Å². The van der Waals surface area contributed by atoms with E-state index in [2.05, 4.69) is 20.9 Å². The van der Waals surface area contributed by atoms with Crippen molar-refractivity contribution < 1.29 is 24.9 Å². The number of H-pyrrole nitrogens is 1. The molecule has 5 rings (SSSR count). The van der Waals surface area contributed by atoms with E-state index in [9.17, 15) is 29.7 Å². The van der Waals surface area contributed by atoms with Crippen LogP contribution >= 0.6 is 11.3 Å². The number of carboxylic acids is 1. The zero-order valence-electron chi connectivity index (χ0n) is 23.0.